The monoisotopic (exact) mass is 300 g/mol. The molecule has 1 fully saturated rings. The van der Waals surface area contributed by atoms with Gasteiger partial charge in [-0.2, -0.15) is 0 Å². The summed E-state index contributed by atoms with van der Waals surface area (Å²) in [5.74, 6) is 0.208. The Morgan fingerprint density at radius 2 is 2.35 bits per heavy atom. The van der Waals surface area contributed by atoms with E-state index in [1.54, 1.807) is 6.07 Å². The lowest BCUT2D eigenvalue weighted by atomic mass is 9.99. The van der Waals surface area contributed by atoms with Gasteiger partial charge in [0.05, 0.1) is 6.61 Å². The van der Waals surface area contributed by atoms with Gasteiger partial charge in [0, 0.05) is 30.8 Å². The van der Waals surface area contributed by atoms with E-state index in [4.69, 9.17) is 22.1 Å². The quantitative estimate of drug-likeness (QED) is 0.909. The van der Waals surface area contributed by atoms with E-state index in [0.29, 0.717) is 17.5 Å². The highest BCUT2D eigenvalue weighted by atomic mass is 35.5. The summed E-state index contributed by atoms with van der Waals surface area (Å²) in [6.45, 7) is 3.04. The van der Waals surface area contributed by atoms with Crippen molar-refractivity contribution < 1.29 is 9.13 Å². The van der Waals surface area contributed by atoms with E-state index in [2.05, 4.69) is 4.90 Å². The Balaban J connectivity index is 2.06. The standard InChI is InChI=1S/C15H22ClFN2O/c1-19(9-11-3-2-6-20-10-11)15(8-18)13-5-4-12(17)7-14(13)16/h4-5,7,11,15H,2-3,6,8-10,18H2,1H3. The fraction of sp³-hybridized carbons (Fsp3) is 0.600. The van der Waals surface area contributed by atoms with Crippen LogP contribution < -0.4 is 5.73 Å². The average molecular weight is 301 g/mol. The predicted molar refractivity (Wildman–Crippen MR) is 79.4 cm³/mol. The number of rotatable bonds is 5. The summed E-state index contributed by atoms with van der Waals surface area (Å²) >= 11 is 6.14. The van der Waals surface area contributed by atoms with Gasteiger partial charge in [-0.1, -0.05) is 17.7 Å². The van der Waals surface area contributed by atoms with Gasteiger partial charge < -0.3 is 10.5 Å². The molecule has 0 amide bonds. The van der Waals surface area contributed by atoms with Crippen LogP contribution in [0.4, 0.5) is 4.39 Å². The van der Waals surface area contributed by atoms with Crippen LogP contribution in [0.5, 0.6) is 0 Å². The van der Waals surface area contributed by atoms with Crippen LogP contribution in [0.3, 0.4) is 0 Å². The minimum absolute atomic E-state index is 0.00465. The van der Waals surface area contributed by atoms with Crippen LogP contribution in [-0.4, -0.2) is 38.3 Å². The number of halogens is 2. The molecule has 1 heterocycles. The first-order valence-electron chi connectivity index (χ1n) is 7.04. The van der Waals surface area contributed by atoms with Gasteiger partial charge in [-0.05, 0) is 43.5 Å². The molecule has 2 unspecified atom stereocenters. The first-order chi connectivity index (χ1) is 9.61. The van der Waals surface area contributed by atoms with Crippen LogP contribution in [0.25, 0.3) is 0 Å². The Bertz CT molecular complexity index is 438. The highest BCUT2D eigenvalue weighted by Crippen LogP contribution is 2.28. The topological polar surface area (TPSA) is 38.5 Å². The van der Waals surface area contributed by atoms with E-state index in [9.17, 15) is 4.39 Å². The van der Waals surface area contributed by atoms with Gasteiger partial charge >= 0.3 is 0 Å². The molecule has 0 aliphatic carbocycles. The normalized spacial score (nSPS) is 21.1. The zero-order valence-corrected chi connectivity index (χ0v) is 12.6. The molecule has 1 aliphatic heterocycles. The van der Waals surface area contributed by atoms with Crippen LogP contribution in [0.1, 0.15) is 24.4 Å². The van der Waals surface area contributed by atoms with Crippen LogP contribution in [0.15, 0.2) is 18.2 Å². The number of benzene rings is 1. The van der Waals surface area contributed by atoms with Crippen molar-refractivity contribution in [1.29, 1.82) is 0 Å². The van der Waals surface area contributed by atoms with Gasteiger partial charge in [0.2, 0.25) is 0 Å². The van der Waals surface area contributed by atoms with Gasteiger partial charge in [0.15, 0.2) is 0 Å². The van der Waals surface area contributed by atoms with E-state index in [0.717, 1.165) is 31.7 Å². The Morgan fingerprint density at radius 3 is 2.95 bits per heavy atom. The molecule has 3 nitrogen and oxygen atoms in total. The zero-order chi connectivity index (χ0) is 14.5. The third-order valence-electron chi connectivity index (χ3n) is 3.88. The summed E-state index contributed by atoms with van der Waals surface area (Å²) in [6.07, 6.45) is 2.29. The van der Waals surface area contributed by atoms with Crippen LogP contribution in [0.2, 0.25) is 5.02 Å². The lowest BCUT2D eigenvalue weighted by molar-refractivity contribution is 0.0365. The van der Waals surface area contributed by atoms with Crippen LogP contribution >= 0.6 is 11.6 Å². The van der Waals surface area contributed by atoms with Crippen molar-refractivity contribution in [2.45, 2.75) is 18.9 Å². The molecule has 2 atom stereocenters. The predicted octanol–water partition coefficient (Wildman–Crippen LogP) is 2.84. The van der Waals surface area contributed by atoms with E-state index in [1.165, 1.54) is 18.6 Å². The van der Waals surface area contributed by atoms with E-state index in [1.807, 2.05) is 7.05 Å². The second-order valence-electron chi connectivity index (χ2n) is 5.44. The van der Waals surface area contributed by atoms with Crippen molar-refractivity contribution in [2.75, 3.05) is 33.4 Å². The molecular formula is C15H22ClFN2O. The molecule has 112 valence electrons. The SMILES string of the molecule is CN(CC1CCCOC1)C(CN)c1ccc(F)cc1Cl. The van der Waals surface area contributed by atoms with E-state index >= 15 is 0 Å². The Labute approximate surface area is 124 Å². The molecular weight excluding hydrogens is 279 g/mol. The fourth-order valence-electron chi connectivity index (χ4n) is 2.80. The number of nitrogens with zero attached hydrogens (tertiary/aromatic N) is 1. The molecule has 0 bridgehead atoms. The third-order valence-corrected chi connectivity index (χ3v) is 4.20. The van der Waals surface area contributed by atoms with Crippen molar-refractivity contribution in [3.8, 4) is 0 Å². The van der Waals surface area contributed by atoms with Gasteiger partial charge in [-0.25, -0.2) is 4.39 Å². The number of likely N-dealkylation sites (N-methyl/N-ethyl adjacent to an activating group) is 1. The summed E-state index contributed by atoms with van der Waals surface area (Å²) in [4.78, 5) is 2.19. The summed E-state index contributed by atoms with van der Waals surface area (Å²) in [7, 11) is 2.03. The van der Waals surface area contributed by atoms with Crippen LogP contribution in [-0.2, 0) is 4.74 Å². The number of hydrogen-bond acceptors (Lipinski definition) is 3. The molecule has 0 spiro atoms. The number of ether oxygens (including phenoxy) is 1. The molecule has 5 heteroatoms. The zero-order valence-electron chi connectivity index (χ0n) is 11.8. The van der Waals surface area contributed by atoms with Gasteiger partial charge in [0.1, 0.15) is 5.82 Å². The molecule has 1 saturated heterocycles. The Kier molecular flexibility index (Phi) is 5.78. The molecule has 0 aromatic heterocycles. The molecule has 0 saturated carbocycles. The van der Waals surface area contributed by atoms with E-state index < -0.39 is 0 Å². The maximum absolute atomic E-state index is 13.1. The van der Waals surface area contributed by atoms with Crippen molar-refractivity contribution in [2.24, 2.45) is 11.7 Å². The number of hydrogen-bond donors (Lipinski definition) is 1. The van der Waals surface area contributed by atoms with Crippen molar-refractivity contribution in [3.05, 3.63) is 34.6 Å². The smallest absolute Gasteiger partial charge is 0.124 e. The lowest BCUT2D eigenvalue weighted by Crippen LogP contribution is -2.36. The van der Waals surface area contributed by atoms with Gasteiger partial charge in [-0.3, -0.25) is 4.90 Å². The first-order valence-corrected chi connectivity index (χ1v) is 7.42. The van der Waals surface area contributed by atoms with Crippen molar-refractivity contribution in [3.63, 3.8) is 0 Å². The fourth-order valence-corrected chi connectivity index (χ4v) is 3.10. The highest BCUT2D eigenvalue weighted by Gasteiger charge is 2.23. The Morgan fingerprint density at radius 1 is 1.55 bits per heavy atom. The largest absolute Gasteiger partial charge is 0.381 e. The highest BCUT2D eigenvalue weighted by molar-refractivity contribution is 6.31. The average Bonchev–Trinajstić information content (AvgIpc) is 2.43. The summed E-state index contributed by atoms with van der Waals surface area (Å²) < 4.78 is 18.7. The van der Waals surface area contributed by atoms with Crippen molar-refractivity contribution >= 4 is 11.6 Å². The molecule has 1 aromatic rings. The molecule has 2 N–H and O–H groups in total. The maximum Gasteiger partial charge on any atom is 0.124 e. The number of nitrogens with two attached hydrogens (primary N) is 1. The molecule has 20 heavy (non-hydrogen) atoms. The Hall–Kier alpha value is -0.680. The second kappa shape index (κ2) is 7.36. The minimum Gasteiger partial charge on any atom is -0.381 e. The lowest BCUT2D eigenvalue weighted by Gasteiger charge is -2.32. The van der Waals surface area contributed by atoms with Gasteiger partial charge in [-0.15, -0.1) is 0 Å². The summed E-state index contributed by atoms with van der Waals surface area (Å²) in [5, 5.41) is 0.437. The van der Waals surface area contributed by atoms with Crippen molar-refractivity contribution in [1.82, 2.24) is 4.90 Å². The molecule has 0 radical (unpaired) electrons. The van der Waals surface area contributed by atoms with E-state index in [-0.39, 0.29) is 11.9 Å². The third kappa shape index (κ3) is 3.92. The summed E-state index contributed by atoms with van der Waals surface area (Å²) in [5.41, 5.74) is 6.78. The minimum atomic E-state index is -0.321. The molecule has 1 aromatic carbocycles. The molecule has 2 rings (SSSR count). The second-order valence-corrected chi connectivity index (χ2v) is 5.85. The molecule has 1 aliphatic rings. The first kappa shape index (κ1) is 15.7. The van der Waals surface area contributed by atoms with Crippen LogP contribution in [0, 0.1) is 11.7 Å². The summed E-state index contributed by atoms with van der Waals surface area (Å²) in [6, 6.07) is 4.51. The maximum atomic E-state index is 13.1. The van der Waals surface area contributed by atoms with Gasteiger partial charge in [0.25, 0.3) is 0 Å².